The third kappa shape index (κ3) is 4.33. The number of benzene rings is 2. The van der Waals surface area contributed by atoms with Crippen LogP contribution in [0.25, 0.3) is 0 Å². The van der Waals surface area contributed by atoms with Crippen LogP contribution in [0.5, 0.6) is 17.2 Å². The third-order valence-electron chi connectivity index (χ3n) is 7.12. The van der Waals surface area contributed by atoms with Crippen molar-refractivity contribution in [2.24, 2.45) is 5.92 Å². The SMILES string of the molecule is CC1(C)Oc2c(O)cccc2[C@H]2OC[C@@]3(C[C@@H]21)CN(Cc1ccccc1OCC(=O)O)CCO3. The van der Waals surface area contributed by atoms with Crippen molar-refractivity contribution < 1.29 is 34.0 Å². The van der Waals surface area contributed by atoms with Gasteiger partial charge >= 0.3 is 5.97 Å². The number of phenols is 1. The summed E-state index contributed by atoms with van der Waals surface area (Å²) in [5, 5.41) is 19.3. The molecule has 2 saturated heterocycles. The lowest BCUT2D eigenvalue weighted by Crippen LogP contribution is -2.61. The van der Waals surface area contributed by atoms with Crippen molar-refractivity contribution in [3.63, 3.8) is 0 Å². The van der Waals surface area contributed by atoms with Gasteiger partial charge in [-0.05, 0) is 32.4 Å². The number of aliphatic carboxylic acids is 1. The number of carbonyl (C=O) groups is 1. The first-order valence-electron chi connectivity index (χ1n) is 11.7. The Morgan fingerprint density at radius 2 is 2.03 bits per heavy atom. The number of ether oxygens (including phenoxy) is 4. The molecule has 8 heteroatoms. The topological polar surface area (TPSA) is 97.7 Å². The van der Waals surface area contributed by atoms with Crippen molar-refractivity contribution in [1.82, 2.24) is 4.90 Å². The summed E-state index contributed by atoms with van der Waals surface area (Å²) in [6.45, 7) is 6.83. The number of aromatic hydroxyl groups is 1. The van der Waals surface area contributed by atoms with Crippen molar-refractivity contribution in [3.05, 3.63) is 53.6 Å². The maximum absolute atomic E-state index is 10.9. The molecule has 3 heterocycles. The Balaban J connectivity index is 1.33. The molecule has 0 radical (unpaired) electrons. The quantitative estimate of drug-likeness (QED) is 0.688. The number of hydrogen-bond acceptors (Lipinski definition) is 7. The second-order valence-electron chi connectivity index (χ2n) is 9.98. The third-order valence-corrected chi connectivity index (χ3v) is 7.12. The van der Waals surface area contributed by atoms with Gasteiger partial charge in [0, 0.05) is 36.7 Å². The first-order valence-corrected chi connectivity index (χ1v) is 11.7. The molecule has 0 amide bonds. The molecule has 2 aromatic carbocycles. The average Bonchev–Trinajstić information content (AvgIpc) is 2.79. The zero-order valence-corrected chi connectivity index (χ0v) is 19.5. The minimum absolute atomic E-state index is 0.0571. The number of nitrogens with zero attached hydrogens (tertiary/aromatic N) is 1. The van der Waals surface area contributed by atoms with Gasteiger partial charge in [0.2, 0.25) is 0 Å². The monoisotopic (exact) mass is 469 g/mol. The Morgan fingerprint density at radius 1 is 1.21 bits per heavy atom. The molecular weight excluding hydrogens is 438 g/mol. The van der Waals surface area contributed by atoms with Crippen LogP contribution >= 0.6 is 0 Å². The molecular formula is C26H31NO7. The molecule has 0 unspecified atom stereocenters. The van der Waals surface area contributed by atoms with Crippen LogP contribution in [0.4, 0.5) is 0 Å². The summed E-state index contributed by atoms with van der Waals surface area (Å²) in [7, 11) is 0. The summed E-state index contributed by atoms with van der Waals surface area (Å²) in [5.74, 6) is 0.289. The summed E-state index contributed by atoms with van der Waals surface area (Å²) in [5.41, 5.74) is 0.829. The number of hydrogen-bond donors (Lipinski definition) is 2. The predicted octanol–water partition coefficient (Wildman–Crippen LogP) is 3.38. The lowest BCUT2D eigenvalue weighted by molar-refractivity contribution is -0.231. The lowest BCUT2D eigenvalue weighted by Gasteiger charge is -2.54. The van der Waals surface area contributed by atoms with Crippen molar-refractivity contribution >= 4 is 5.97 Å². The molecule has 34 heavy (non-hydrogen) atoms. The van der Waals surface area contributed by atoms with Crippen molar-refractivity contribution in [2.75, 3.05) is 32.9 Å². The second-order valence-corrected chi connectivity index (χ2v) is 9.98. The molecule has 0 aromatic heterocycles. The number of carboxylic acids is 1. The largest absolute Gasteiger partial charge is 0.504 e. The van der Waals surface area contributed by atoms with E-state index in [1.165, 1.54) is 0 Å². The highest BCUT2D eigenvalue weighted by Crippen LogP contribution is 2.54. The number of fused-ring (bicyclic) bond motifs is 3. The fraction of sp³-hybridized carbons (Fsp3) is 0.500. The number of rotatable bonds is 5. The summed E-state index contributed by atoms with van der Waals surface area (Å²) >= 11 is 0. The van der Waals surface area contributed by atoms with E-state index in [9.17, 15) is 9.90 Å². The van der Waals surface area contributed by atoms with Gasteiger partial charge in [0.25, 0.3) is 0 Å². The molecule has 2 fully saturated rings. The minimum Gasteiger partial charge on any atom is -0.504 e. The van der Waals surface area contributed by atoms with Crippen LogP contribution in [0.3, 0.4) is 0 Å². The van der Waals surface area contributed by atoms with Crippen molar-refractivity contribution in [3.8, 4) is 17.2 Å². The highest BCUT2D eigenvalue weighted by molar-refractivity contribution is 5.68. The summed E-state index contributed by atoms with van der Waals surface area (Å²) < 4.78 is 24.6. The molecule has 1 spiro atoms. The Bertz CT molecular complexity index is 1070. The van der Waals surface area contributed by atoms with Crippen LogP contribution in [-0.4, -0.2) is 65.2 Å². The van der Waals surface area contributed by atoms with Crippen LogP contribution in [0, 0.1) is 5.92 Å². The van der Waals surface area contributed by atoms with Crippen molar-refractivity contribution in [2.45, 2.75) is 44.1 Å². The molecule has 0 saturated carbocycles. The number of carboxylic acid groups (broad SMARTS) is 1. The van der Waals surface area contributed by atoms with Gasteiger partial charge in [-0.15, -0.1) is 0 Å². The molecule has 0 bridgehead atoms. The van der Waals surface area contributed by atoms with Gasteiger partial charge in [-0.2, -0.15) is 0 Å². The van der Waals surface area contributed by atoms with Crippen LogP contribution in [0.2, 0.25) is 0 Å². The zero-order chi connectivity index (χ0) is 23.9. The van der Waals surface area contributed by atoms with Gasteiger partial charge in [0.15, 0.2) is 18.1 Å². The average molecular weight is 470 g/mol. The number of phenolic OH excluding ortho intramolecular Hbond substituents is 1. The van der Waals surface area contributed by atoms with E-state index in [0.29, 0.717) is 37.8 Å². The fourth-order valence-electron chi connectivity index (χ4n) is 5.48. The van der Waals surface area contributed by atoms with Crippen LogP contribution < -0.4 is 9.47 Å². The maximum atomic E-state index is 10.9. The normalized spacial score (nSPS) is 27.9. The Labute approximate surface area is 199 Å². The molecule has 0 aliphatic carbocycles. The standard InChI is InChI=1S/C26H31NO7/c1-25(2)19-12-26(16-32-23(19)18-7-5-8-20(28)24(18)34-25)15-27(10-11-33-26)13-17-6-3-4-9-21(17)31-14-22(29)30/h3-9,19,23,28H,10-16H2,1-2H3,(H,29,30)/t19-,23+,26+/m0/s1. The van der Waals surface area contributed by atoms with E-state index in [-0.39, 0.29) is 24.4 Å². The zero-order valence-electron chi connectivity index (χ0n) is 19.5. The molecule has 182 valence electrons. The summed E-state index contributed by atoms with van der Waals surface area (Å²) in [6.07, 6.45) is 0.605. The van der Waals surface area contributed by atoms with E-state index in [1.54, 1.807) is 12.1 Å². The van der Waals surface area contributed by atoms with Gasteiger partial charge in [-0.3, -0.25) is 4.90 Å². The van der Waals surface area contributed by atoms with E-state index in [2.05, 4.69) is 4.90 Å². The van der Waals surface area contributed by atoms with Gasteiger partial charge in [0.1, 0.15) is 17.0 Å². The first-order chi connectivity index (χ1) is 16.3. The van der Waals surface area contributed by atoms with E-state index in [0.717, 1.165) is 24.1 Å². The highest BCUT2D eigenvalue weighted by atomic mass is 16.6. The molecule has 2 N–H and O–H groups in total. The number of morpholine rings is 1. The lowest BCUT2D eigenvalue weighted by atomic mass is 9.71. The summed E-state index contributed by atoms with van der Waals surface area (Å²) in [6, 6.07) is 13.0. The van der Waals surface area contributed by atoms with E-state index in [4.69, 9.17) is 24.1 Å². The van der Waals surface area contributed by atoms with Gasteiger partial charge in [-0.25, -0.2) is 4.79 Å². The van der Waals surface area contributed by atoms with Crippen LogP contribution in [0.1, 0.15) is 37.5 Å². The Hall–Kier alpha value is -2.81. The molecule has 2 aromatic rings. The van der Waals surface area contributed by atoms with E-state index in [1.807, 2.05) is 44.2 Å². The maximum Gasteiger partial charge on any atom is 0.341 e. The fourth-order valence-corrected chi connectivity index (χ4v) is 5.48. The molecule has 8 nitrogen and oxygen atoms in total. The highest BCUT2D eigenvalue weighted by Gasteiger charge is 2.54. The van der Waals surface area contributed by atoms with E-state index >= 15 is 0 Å². The van der Waals surface area contributed by atoms with Crippen LogP contribution in [-0.2, 0) is 20.8 Å². The first kappa shape index (κ1) is 23.0. The van der Waals surface area contributed by atoms with Gasteiger partial charge < -0.3 is 29.2 Å². The van der Waals surface area contributed by atoms with E-state index < -0.39 is 17.2 Å². The van der Waals surface area contributed by atoms with Gasteiger partial charge in [-0.1, -0.05) is 30.3 Å². The molecule has 3 aliphatic rings. The molecule has 5 rings (SSSR count). The second kappa shape index (κ2) is 8.76. The predicted molar refractivity (Wildman–Crippen MR) is 123 cm³/mol. The molecule has 3 aliphatic heterocycles. The minimum atomic E-state index is -0.999. The summed E-state index contributed by atoms with van der Waals surface area (Å²) in [4.78, 5) is 13.3. The van der Waals surface area contributed by atoms with Gasteiger partial charge in [0.05, 0.1) is 19.3 Å². The van der Waals surface area contributed by atoms with Crippen molar-refractivity contribution in [1.29, 1.82) is 0 Å². The Morgan fingerprint density at radius 3 is 2.85 bits per heavy atom. The number of para-hydroxylation sites is 2. The molecule has 3 atom stereocenters. The Kier molecular flexibility index (Phi) is 5.91. The smallest absolute Gasteiger partial charge is 0.341 e. The van der Waals surface area contributed by atoms with Crippen LogP contribution in [0.15, 0.2) is 42.5 Å².